The lowest BCUT2D eigenvalue weighted by Crippen LogP contribution is -2.35. The first-order valence-electron chi connectivity index (χ1n) is 9.91. The molecule has 0 N–H and O–H groups in total. The average Bonchev–Trinajstić information content (AvgIpc) is 3.20. The molecule has 0 amide bonds. The Hall–Kier alpha value is -3.21. The molecule has 5 heteroatoms. The lowest BCUT2D eigenvalue weighted by molar-refractivity contribution is 0.402. The molecule has 0 bridgehead atoms. The third-order valence-corrected chi connectivity index (χ3v) is 5.63. The molecule has 0 unspecified atom stereocenters. The molecule has 0 spiro atoms. The zero-order valence-electron chi connectivity index (χ0n) is 15.8. The molecule has 1 aliphatic rings. The molecule has 0 aliphatic carbocycles. The fourth-order valence-corrected chi connectivity index (χ4v) is 4.14. The van der Waals surface area contributed by atoms with E-state index in [0.717, 1.165) is 41.5 Å². The SMILES string of the molecule is c1ccc(CC2CCN(c3ncnc4c3cnn4-c3ccccc3)CC2)cc1. The Labute approximate surface area is 164 Å². The van der Waals surface area contributed by atoms with E-state index in [-0.39, 0.29) is 0 Å². The van der Waals surface area contributed by atoms with Crippen LogP contribution in [0.1, 0.15) is 18.4 Å². The smallest absolute Gasteiger partial charge is 0.168 e. The molecule has 28 heavy (non-hydrogen) atoms. The van der Waals surface area contributed by atoms with Crippen molar-refractivity contribution in [3.8, 4) is 5.69 Å². The van der Waals surface area contributed by atoms with Crippen molar-refractivity contribution in [3.63, 3.8) is 0 Å². The Morgan fingerprint density at radius 3 is 2.32 bits per heavy atom. The second-order valence-electron chi connectivity index (χ2n) is 7.45. The van der Waals surface area contributed by atoms with Gasteiger partial charge in [0.1, 0.15) is 12.1 Å². The van der Waals surface area contributed by atoms with Gasteiger partial charge in [-0.25, -0.2) is 14.6 Å². The number of rotatable bonds is 4. The highest BCUT2D eigenvalue weighted by molar-refractivity contribution is 5.87. The molecular weight excluding hydrogens is 346 g/mol. The van der Waals surface area contributed by atoms with Crippen LogP contribution in [0.5, 0.6) is 0 Å². The lowest BCUT2D eigenvalue weighted by Gasteiger charge is -2.33. The number of fused-ring (bicyclic) bond motifs is 1. The van der Waals surface area contributed by atoms with Crippen LogP contribution in [0.4, 0.5) is 5.82 Å². The van der Waals surface area contributed by atoms with Crippen LogP contribution in [0.2, 0.25) is 0 Å². The first kappa shape index (κ1) is 16.9. The van der Waals surface area contributed by atoms with Gasteiger partial charge in [-0.05, 0) is 42.9 Å². The number of piperidine rings is 1. The molecule has 3 heterocycles. The minimum Gasteiger partial charge on any atom is -0.356 e. The molecule has 140 valence electrons. The Kier molecular flexibility index (Phi) is 4.49. The minimum absolute atomic E-state index is 0.739. The fourth-order valence-electron chi connectivity index (χ4n) is 4.14. The summed E-state index contributed by atoms with van der Waals surface area (Å²) in [5.41, 5.74) is 3.32. The molecule has 1 aliphatic heterocycles. The van der Waals surface area contributed by atoms with E-state index in [0.29, 0.717) is 0 Å². The first-order chi connectivity index (χ1) is 13.9. The highest BCUT2D eigenvalue weighted by atomic mass is 15.3. The molecule has 0 atom stereocenters. The number of aromatic nitrogens is 4. The molecule has 2 aromatic carbocycles. The minimum atomic E-state index is 0.739. The summed E-state index contributed by atoms with van der Waals surface area (Å²) in [6.45, 7) is 2.06. The summed E-state index contributed by atoms with van der Waals surface area (Å²) >= 11 is 0. The van der Waals surface area contributed by atoms with Crippen LogP contribution >= 0.6 is 0 Å². The van der Waals surface area contributed by atoms with Crippen molar-refractivity contribution < 1.29 is 0 Å². The molecule has 1 fully saturated rings. The number of hydrogen-bond donors (Lipinski definition) is 0. The van der Waals surface area contributed by atoms with Gasteiger partial charge in [-0.2, -0.15) is 5.10 Å². The van der Waals surface area contributed by atoms with Gasteiger partial charge in [-0.15, -0.1) is 0 Å². The van der Waals surface area contributed by atoms with Gasteiger partial charge < -0.3 is 4.90 Å². The van der Waals surface area contributed by atoms with Crippen LogP contribution in [0.15, 0.2) is 73.2 Å². The Balaban J connectivity index is 1.35. The topological polar surface area (TPSA) is 46.8 Å². The quantitative estimate of drug-likeness (QED) is 0.539. The molecule has 4 aromatic rings. The third kappa shape index (κ3) is 3.24. The van der Waals surface area contributed by atoms with Gasteiger partial charge in [0.2, 0.25) is 0 Å². The van der Waals surface area contributed by atoms with Crippen LogP contribution in [0.25, 0.3) is 16.7 Å². The van der Waals surface area contributed by atoms with Crippen LogP contribution in [0.3, 0.4) is 0 Å². The molecular formula is C23H23N5. The predicted octanol–water partition coefficient (Wildman–Crippen LogP) is 4.27. The number of para-hydroxylation sites is 1. The summed E-state index contributed by atoms with van der Waals surface area (Å²) < 4.78 is 1.89. The lowest BCUT2D eigenvalue weighted by atomic mass is 9.90. The van der Waals surface area contributed by atoms with Crippen molar-refractivity contribution in [1.29, 1.82) is 0 Å². The Bertz CT molecular complexity index is 1050. The van der Waals surface area contributed by atoms with E-state index < -0.39 is 0 Å². The fraction of sp³-hybridized carbons (Fsp3) is 0.261. The van der Waals surface area contributed by atoms with E-state index in [1.165, 1.54) is 24.8 Å². The zero-order valence-corrected chi connectivity index (χ0v) is 15.8. The van der Waals surface area contributed by atoms with E-state index in [1.807, 2.05) is 41.2 Å². The molecule has 2 aromatic heterocycles. The number of benzene rings is 2. The Morgan fingerprint density at radius 1 is 0.857 bits per heavy atom. The largest absolute Gasteiger partial charge is 0.356 e. The van der Waals surface area contributed by atoms with Crippen molar-refractivity contribution in [2.45, 2.75) is 19.3 Å². The molecule has 1 saturated heterocycles. The van der Waals surface area contributed by atoms with E-state index >= 15 is 0 Å². The monoisotopic (exact) mass is 369 g/mol. The van der Waals surface area contributed by atoms with Crippen molar-refractivity contribution in [1.82, 2.24) is 19.7 Å². The number of nitrogens with zero attached hydrogens (tertiary/aromatic N) is 5. The summed E-state index contributed by atoms with van der Waals surface area (Å²) in [4.78, 5) is 11.5. The van der Waals surface area contributed by atoms with Gasteiger partial charge in [-0.3, -0.25) is 0 Å². The zero-order chi connectivity index (χ0) is 18.8. The van der Waals surface area contributed by atoms with E-state index in [2.05, 4.69) is 50.3 Å². The second-order valence-corrected chi connectivity index (χ2v) is 7.45. The van der Waals surface area contributed by atoms with Crippen molar-refractivity contribution >= 4 is 16.9 Å². The van der Waals surface area contributed by atoms with Gasteiger partial charge in [0.05, 0.1) is 17.3 Å². The van der Waals surface area contributed by atoms with E-state index in [9.17, 15) is 0 Å². The maximum absolute atomic E-state index is 4.61. The number of anilines is 1. The molecule has 0 radical (unpaired) electrons. The van der Waals surface area contributed by atoms with Gasteiger partial charge in [0.15, 0.2) is 5.65 Å². The van der Waals surface area contributed by atoms with Crippen molar-refractivity contribution in [3.05, 3.63) is 78.8 Å². The second kappa shape index (κ2) is 7.43. The van der Waals surface area contributed by atoms with Crippen LogP contribution < -0.4 is 4.90 Å². The van der Waals surface area contributed by atoms with E-state index in [1.54, 1.807) is 6.33 Å². The summed E-state index contributed by atoms with van der Waals surface area (Å²) in [6.07, 6.45) is 7.10. The highest BCUT2D eigenvalue weighted by Crippen LogP contribution is 2.29. The van der Waals surface area contributed by atoms with Crippen LogP contribution in [-0.2, 0) is 6.42 Å². The summed E-state index contributed by atoms with van der Waals surface area (Å²) in [6, 6.07) is 20.9. The molecule has 0 saturated carbocycles. The highest BCUT2D eigenvalue weighted by Gasteiger charge is 2.23. The van der Waals surface area contributed by atoms with Gasteiger partial charge >= 0.3 is 0 Å². The predicted molar refractivity (Wildman–Crippen MR) is 112 cm³/mol. The third-order valence-electron chi connectivity index (χ3n) is 5.63. The summed E-state index contributed by atoms with van der Waals surface area (Å²) in [5, 5.41) is 5.60. The van der Waals surface area contributed by atoms with Gasteiger partial charge in [-0.1, -0.05) is 48.5 Å². The van der Waals surface area contributed by atoms with Crippen LogP contribution in [0, 0.1) is 5.92 Å². The van der Waals surface area contributed by atoms with Crippen LogP contribution in [-0.4, -0.2) is 32.8 Å². The molecule has 5 nitrogen and oxygen atoms in total. The maximum Gasteiger partial charge on any atom is 0.168 e. The summed E-state index contributed by atoms with van der Waals surface area (Å²) in [5.74, 6) is 1.74. The standard InChI is InChI=1S/C23H23N5/c1-3-7-18(8-4-1)15-19-11-13-27(14-12-19)22-21-16-26-28(23(21)25-17-24-22)20-9-5-2-6-10-20/h1-10,16-17,19H,11-15H2. The summed E-state index contributed by atoms with van der Waals surface area (Å²) in [7, 11) is 0. The van der Waals surface area contributed by atoms with Gasteiger partial charge in [0.25, 0.3) is 0 Å². The van der Waals surface area contributed by atoms with E-state index in [4.69, 9.17) is 0 Å². The Morgan fingerprint density at radius 2 is 1.57 bits per heavy atom. The maximum atomic E-state index is 4.61. The number of hydrogen-bond acceptors (Lipinski definition) is 4. The molecule has 5 rings (SSSR count). The normalized spacial score (nSPS) is 15.2. The van der Waals surface area contributed by atoms with Crippen molar-refractivity contribution in [2.24, 2.45) is 5.92 Å². The first-order valence-corrected chi connectivity index (χ1v) is 9.91. The van der Waals surface area contributed by atoms with Crippen molar-refractivity contribution in [2.75, 3.05) is 18.0 Å². The average molecular weight is 369 g/mol. The van der Waals surface area contributed by atoms with Gasteiger partial charge in [0, 0.05) is 13.1 Å².